The number of aryl methyl sites for hydroxylation is 4. The van der Waals surface area contributed by atoms with Gasteiger partial charge >= 0.3 is 0 Å². The van der Waals surface area contributed by atoms with Crippen molar-refractivity contribution >= 4 is 46.4 Å². The Labute approximate surface area is 270 Å². The summed E-state index contributed by atoms with van der Waals surface area (Å²) in [4.78, 5) is 0. The minimum Gasteiger partial charge on any atom is -0.508 e. The lowest BCUT2D eigenvalue weighted by Gasteiger charge is -2.03. The third-order valence-corrected chi connectivity index (χ3v) is 6.92. The largest absolute Gasteiger partial charge is 0.508 e. The SMILES string of the molecule is CCCCc1cc(Cl)ccc1O.CCCc1cc(Cl)ccc1O.CCc1cc(Cl)ccc1O.Cc1cc(Cl)ccc1O. The summed E-state index contributed by atoms with van der Waals surface area (Å²) in [6, 6.07) is 20.3. The summed E-state index contributed by atoms with van der Waals surface area (Å²) in [7, 11) is 0. The van der Waals surface area contributed by atoms with Crippen molar-refractivity contribution in [2.45, 2.75) is 66.2 Å². The highest BCUT2D eigenvalue weighted by atomic mass is 35.5. The summed E-state index contributed by atoms with van der Waals surface area (Å²) in [6.07, 6.45) is 5.84. The Hall–Kier alpha value is -2.76. The molecule has 4 N–H and O–H groups in total. The average Bonchev–Trinajstić information content (AvgIpc) is 2.96. The predicted molar refractivity (Wildman–Crippen MR) is 179 cm³/mol. The van der Waals surface area contributed by atoms with E-state index in [1.54, 1.807) is 73.7 Å². The van der Waals surface area contributed by atoms with Gasteiger partial charge in [0.15, 0.2) is 0 Å². The van der Waals surface area contributed by atoms with Crippen molar-refractivity contribution in [2.75, 3.05) is 0 Å². The van der Waals surface area contributed by atoms with Gasteiger partial charge in [0, 0.05) is 20.1 Å². The molecule has 4 rings (SSSR count). The Bertz CT molecular complexity index is 1380. The first-order valence-corrected chi connectivity index (χ1v) is 15.3. The first-order chi connectivity index (χ1) is 19.9. The van der Waals surface area contributed by atoms with Crippen LogP contribution < -0.4 is 0 Å². The molecule has 228 valence electrons. The Morgan fingerprint density at radius 3 is 1.21 bits per heavy atom. The molecule has 4 aromatic rings. The van der Waals surface area contributed by atoms with E-state index in [1.807, 2.05) is 13.0 Å². The number of aromatic hydroxyl groups is 4. The molecular weight excluding hydrogens is 614 g/mol. The van der Waals surface area contributed by atoms with Crippen molar-refractivity contribution in [3.8, 4) is 23.0 Å². The fourth-order valence-corrected chi connectivity index (χ4v) is 4.41. The van der Waals surface area contributed by atoms with E-state index in [4.69, 9.17) is 51.5 Å². The van der Waals surface area contributed by atoms with Gasteiger partial charge in [-0.3, -0.25) is 0 Å². The summed E-state index contributed by atoms with van der Waals surface area (Å²) in [5.41, 5.74) is 3.58. The van der Waals surface area contributed by atoms with Gasteiger partial charge in [0.1, 0.15) is 23.0 Å². The van der Waals surface area contributed by atoms with Crippen LogP contribution in [0, 0.1) is 6.92 Å². The van der Waals surface area contributed by atoms with Gasteiger partial charge in [-0.15, -0.1) is 0 Å². The molecule has 0 bridgehead atoms. The number of phenols is 4. The van der Waals surface area contributed by atoms with E-state index in [2.05, 4.69) is 13.8 Å². The third kappa shape index (κ3) is 14.4. The molecule has 0 heterocycles. The van der Waals surface area contributed by atoms with Crippen LogP contribution in [-0.2, 0) is 19.3 Å². The lowest BCUT2D eigenvalue weighted by molar-refractivity contribution is 0.466. The predicted octanol–water partition coefficient (Wildman–Crippen LogP) is 11.3. The first-order valence-electron chi connectivity index (χ1n) is 13.8. The van der Waals surface area contributed by atoms with Gasteiger partial charge in [-0.25, -0.2) is 0 Å². The van der Waals surface area contributed by atoms with Crippen molar-refractivity contribution in [3.05, 3.63) is 115 Å². The van der Waals surface area contributed by atoms with Crippen molar-refractivity contribution in [1.29, 1.82) is 0 Å². The lowest BCUT2D eigenvalue weighted by Crippen LogP contribution is -1.85. The number of hydrogen-bond donors (Lipinski definition) is 4. The number of halogens is 4. The van der Waals surface area contributed by atoms with E-state index < -0.39 is 0 Å². The van der Waals surface area contributed by atoms with Gasteiger partial charge in [-0.2, -0.15) is 0 Å². The molecule has 4 nitrogen and oxygen atoms in total. The van der Waals surface area contributed by atoms with Gasteiger partial charge in [-0.1, -0.05) is 80.0 Å². The van der Waals surface area contributed by atoms with E-state index in [1.165, 1.54) is 0 Å². The second kappa shape index (κ2) is 20.2. The molecule has 0 aliphatic rings. The van der Waals surface area contributed by atoms with Crippen LogP contribution in [0.15, 0.2) is 72.8 Å². The second-order valence-corrected chi connectivity index (χ2v) is 11.2. The van der Waals surface area contributed by atoms with Crippen LogP contribution >= 0.6 is 46.4 Å². The zero-order chi connectivity index (χ0) is 31.7. The Morgan fingerprint density at radius 1 is 0.476 bits per heavy atom. The van der Waals surface area contributed by atoms with E-state index in [0.717, 1.165) is 60.8 Å². The minimum absolute atomic E-state index is 0.291. The molecule has 0 unspecified atom stereocenters. The summed E-state index contributed by atoms with van der Waals surface area (Å²) in [6.45, 7) is 7.98. The smallest absolute Gasteiger partial charge is 0.118 e. The molecule has 4 aromatic carbocycles. The number of phenolic OH excluding ortho intramolecular Hbond substituents is 4. The summed E-state index contributed by atoms with van der Waals surface area (Å²) in [5.74, 6) is 1.32. The Morgan fingerprint density at radius 2 is 0.857 bits per heavy atom. The summed E-state index contributed by atoms with van der Waals surface area (Å²) >= 11 is 22.8. The fraction of sp³-hybridized carbons (Fsp3) is 0.294. The molecule has 0 amide bonds. The van der Waals surface area contributed by atoms with Crippen LogP contribution in [0.5, 0.6) is 23.0 Å². The molecule has 42 heavy (non-hydrogen) atoms. The second-order valence-electron chi connectivity index (χ2n) is 9.46. The van der Waals surface area contributed by atoms with Crippen LogP contribution in [0.2, 0.25) is 20.1 Å². The fourth-order valence-electron chi connectivity index (χ4n) is 3.60. The topological polar surface area (TPSA) is 80.9 Å². The van der Waals surface area contributed by atoms with Gasteiger partial charge in [0.05, 0.1) is 0 Å². The van der Waals surface area contributed by atoms with E-state index in [-0.39, 0.29) is 0 Å². The molecule has 0 saturated heterocycles. The number of rotatable bonds is 6. The zero-order valence-corrected chi connectivity index (χ0v) is 27.5. The van der Waals surface area contributed by atoms with Gasteiger partial charge < -0.3 is 20.4 Å². The molecule has 0 saturated carbocycles. The molecule has 8 heteroatoms. The Kier molecular flexibility index (Phi) is 17.9. The van der Waals surface area contributed by atoms with Gasteiger partial charge in [-0.05, 0) is 128 Å². The van der Waals surface area contributed by atoms with Crippen LogP contribution in [0.25, 0.3) is 0 Å². The number of unbranched alkanes of at least 4 members (excludes halogenated alkanes) is 1. The molecule has 0 spiro atoms. The molecule has 0 radical (unpaired) electrons. The van der Waals surface area contributed by atoms with Crippen LogP contribution in [0.1, 0.15) is 62.3 Å². The molecule has 0 atom stereocenters. The maximum absolute atomic E-state index is 9.40. The first kappa shape index (κ1) is 37.3. The van der Waals surface area contributed by atoms with E-state index >= 15 is 0 Å². The molecule has 0 aromatic heterocycles. The van der Waals surface area contributed by atoms with Crippen molar-refractivity contribution < 1.29 is 20.4 Å². The van der Waals surface area contributed by atoms with Gasteiger partial charge in [0.25, 0.3) is 0 Å². The molecule has 0 aliphatic carbocycles. The summed E-state index contributed by atoms with van der Waals surface area (Å²) < 4.78 is 0. The maximum Gasteiger partial charge on any atom is 0.118 e. The highest BCUT2D eigenvalue weighted by Gasteiger charge is 2.01. The zero-order valence-electron chi connectivity index (χ0n) is 24.5. The quantitative estimate of drug-likeness (QED) is 0.167. The van der Waals surface area contributed by atoms with Crippen molar-refractivity contribution in [3.63, 3.8) is 0 Å². The van der Waals surface area contributed by atoms with Crippen molar-refractivity contribution in [2.24, 2.45) is 0 Å². The standard InChI is InChI=1S/C10H13ClO.C9H11ClO.C8H9ClO.C7H7ClO/c1-2-3-4-8-7-9(11)5-6-10(8)12;1-2-3-7-6-8(10)4-5-9(7)11;1-2-6-5-7(9)3-4-8(6)10;1-5-4-6(8)2-3-7(5)9/h5-7,12H,2-4H2,1H3;4-6,11H,2-3H2,1H3;3-5,10H,2H2,1H3;2-4,9H,1H3. The Balaban J connectivity index is 0.000000281. The highest BCUT2D eigenvalue weighted by Crippen LogP contribution is 2.24. The molecule has 0 aliphatic heterocycles. The van der Waals surface area contributed by atoms with Crippen LogP contribution in [0.4, 0.5) is 0 Å². The maximum atomic E-state index is 9.40. The summed E-state index contributed by atoms with van der Waals surface area (Å²) in [5, 5.41) is 39.6. The highest BCUT2D eigenvalue weighted by molar-refractivity contribution is 6.31. The van der Waals surface area contributed by atoms with Gasteiger partial charge in [0.2, 0.25) is 0 Å². The molecular formula is C34H40Cl4O4. The third-order valence-electron chi connectivity index (χ3n) is 5.98. The molecule has 0 fully saturated rings. The van der Waals surface area contributed by atoms with Crippen LogP contribution in [-0.4, -0.2) is 20.4 Å². The van der Waals surface area contributed by atoms with E-state index in [9.17, 15) is 15.3 Å². The lowest BCUT2D eigenvalue weighted by atomic mass is 10.1. The normalized spacial score (nSPS) is 9.90. The number of hydrogen-bond acceptors (Lipinski definition) is 4. The number of benzene rings is 4. The van der Waals surface area contributed by atoms with Crippen molar-refractivity contribution in [1.82, 2.24) is 0 Å². The van der Waals surface area contributed by atoms with Crippen LogP contribution in [0.3, 0.4) is 0 Å². The minimum atomic E-state index is 0.291. The van der Waals surface area contributed by atoms with E-state index in [0.29, 0.717) is 43.1 Å². The average molecular weight is 655 g/mol. The monoisotopic (exact) mass is 652 g/mol.